The van der Waals surface area contributed by atoms with E-state index in [0.717, 1.165) is 41.0 Å². The van der Waals surface area contributed by atoms with Gasteiger partial charge in [-0.15, -0.1) is 0 Å². The molecule has 1 amide bonds. The number of carbonyl (C=O) groups is 1. The maximum Gasteiger partial charge on any atom is 0.255 e. The van der Waals surface area contributed by atoms with E-state index in [1.54, 1.807) is 24.5 Å². The minimum atomic E-state index is -0.0311. The number of halogens is 1. The first kappa shape index (κ1) is 21.8. The van der Waals surface area contributed by atoms with Crippen LogP contribution in [0.15, 0.2) is 48.8 Å². The minimum Gasteiger partial charge on any atom is -0.384 e. The summed E-state index contributed by atoms with van der Waals surface area (Å²) in [5.74, 6) is 6.76. The van der Waals surface area contributed by atoms with Crippen LogP contribution in [0, 0.1) is 18.8 Å². The number of hydrogen-bond acceptors (Lipinski definition) is 5. The molecule has 1 aliphatic rings. The number of piperazine rings is 1. The average molecular weight is 446 g/mol. The Morgan fingerprint density at radius 2 is 1.84 bits per heavy atom. The van der Waals surface area contributed by atoms with E-state index in [1.807, 2.05) is 36.1 Å². The van der Waals surface area contributed by atoms with Crippen LogP contribution in [0.25, 0.3) is 11.1 Å². The molecular formula is C25H24ClN5O. The van der Waals surface area contributed by atoms with Crippen LogP contribution < -0.4 is 5.73 Å². The molecular weight excluding hydrogens is 422 g/mol. The fourth-order valence-electron chi connectivity index (χ4n) is 3.61. The van der Waals surface area contributed by atoms with Crippen molar-refractivity contribution in [3.63, 3.8) is 0 Å². The summed E-state index contributed by atoms with van der Waals surface area (Å²) in [6.45, 7) is 5.06. The Balaban J connectivity index is 1.65. The number of nitrogens with zero attached hydrogens (tertiary/aromatic N) is 4. The molecule has 3 aromatic rings. The van der Waals surface area contributed by atoms with E-state index in [1.165, 1.54) is 0 Å². The molecule has 0 radical (unpaired) electrons. The van der Waals surface area contributed by atoms with Crippen molar-refractivity contribution in [3.05, 3.63) is 76.2 Å². The summed E-state index contributed by atoms with van der Waals surface area (Å²) in [4.78, 5) is 25.5. The Kier molecular flexibility index (Phi) is 6.40. The number of benzene rings is 1. The van der Waals surface area contributed by atoms with Gasteiger partial charge in [0.2, 0.25) is 0 Å². The molecule has 1 saturated heterocycles. The lowest BCUT2D eigenvalue weighted by atomic mass is 9.98. The van der Waals surface area contributed by atoms with Crippen LogP contribution >= 0.6 is 11.6 Å². The van der Waals surface area contributed by atoms with E-state index in [0.29, 0.717) is 29.5 Å². The van der Waals surface area contributed by atoms with Gasteiger partial charge in [0, 0.05) is 49.7 Å². The third-order valence-electron chi connectivity index (χ3n) is 5.56. The third-order valence-corrected chi connectivity index (χ3v) is 5.87. The zero-order valence-electron chi connectivity index (χ0n) is 18.1. The fraction of sp³-hybridized carbons (Fsp3) is 0.240. The molecule has 4 rings (SSSR count). The molecule has 0 atom stereocenters. The molecule has 2 aromatic heterocycles. The second-order valence-electron chi connectivity index (χ2n) is 7.83. The van der Waals surface area contributed by atoms with Gasteiger partial charge in [0.15, 0.2) is 0 Å². The molecule has 2 N–H and O–H groups in total. The predicted molar refractivity (Wildman–Crippen MR) is 127 cm³/mol. The topological polar surface area (TPSA) is 75.4 Å². The summed E-state index contributed by atoms with van der Waals surface area (Å²) in [5.41, 5.74) is 10.3. The van der Waals surface area contributed by atoms with Gasteiger partial charge >= 0.3 is 0 Å². The number of nitrogen functional groups attached to an aromatic ring is 1. The van der Waals surface area contributed by atoms with E-state index < -0.39 is 0 Å². The molecule has 0 spiro atoms. The summed E-state index contributed by atoms with van der Waals surface area (Å²) in [6, 6.07) is 11.0. The van der Waals surface area contributed by atoms with Crippen molar-refractivity contribution in [1.82, 2.24) is 19.8 Å². The van der Waals surface area contributed by atoms with Crippen LogP contribution in [0.2, 0.25) is 5.02 Å². The van der Waals surface area contributed by atoms with E-state index >= 15 is 0 Å². The van der Waals surface area contributed by atoms with Gasteiger partial charge in [-0.1, -0.05) is 29.5 Å². The molecule has 1 aliphatic heterocycles. The standard InChI is InChI=1S/C25H24ClN5O/c1-17-20(6-3-18-4-8-24(27)29-16-18)21(9-10-28-17)19-5-7-22(23(26)15-19)25(32)31-13-11-30(2)12-14-31/h4-5,7-10,15-16H,11-14H2,1-2H3,(H2,27,29). The first-order chi connectivity index (χ1) is 15.4. The van der Waals surface area contributed by atoms with E-state index in [4.69, 9.17) is 17.3 Å². The summed E-state index contributed by atoms with van der Waals surface area (Å²) < 4.78 is 0. The van der Waals surface area contributed by atoms with Crippen LogP contribution in [-0.4, -0.2) is 58.9 Å². The minimum absolute atomic E-state index is 0.0311. The van der Waals surface area contributed by atoms with Gasteiger partial charge in [-0.25, -0.2) is 4.98 Å². The largest absolute Gasteiger partial charge is 0.384 e. The second kappa shape index (κ2) is 9.39. The monoisotopic (exact) mass is 445 g/mol. The Hall–Kier alpha value is -3.40. The number of carbonyl (C=O) groups excluding carboxylic acids is 1. The van der Waals surface area contributed by atoms with Crippen molar-refractivity contribution in [2.24, 2.45) is 0 Å². The molecule has 3 heterocycles. The third kappa shape index (κ3) is 4.75. The van der Waals surface area contributed by atoms with Crippen LogP contribution in [0.3, 0.4) is 0 Å². The average Bonchev–Trinajstić information content (AvgIpc) is 2.79. The zero-order valence-corrected chi connectivity index (χ0v) is 18.9. The fourth-order valence-corrected chi connectivity index (χ4v) is 3.88. The first-order valence-corrected chi connectivity index (χ1v) is 10.8. The lowest BCUT2D eigenvalue weighted by Gasteiger charge is -2.32. The highest BCUT2D eigenvalue weighted by Gasteiger charge is 2.22. The van der Waals surface area contributed by atoms with E-state index in [2.05, 4.69) is 33.8 Å². The number of aryl methyl sites for hydroxylation is 1. The number of rotatable bonds is 2. The summed E-state index contributed by atoms with van der Waals surface area (Å²) in [5, 5.41) is 0.433. The van der Waals surface area contributed by atoms with Gasteiger partial charge in [0.05, 0.1) is 21.8 Å². The summed E-state index contributed by atoms with van der Waals surface area (Å²) in [7, 11) is 2.06. The Labute approximate surface area is 193 Å². The predicted octanol–water partition coefficient (Wildman–Crippen LogP) is 3.48. The molecule has 0 saturated carbocycles. The second-order valence-corrected chi connectivity index (χ2v) is 8.24. The van der Waals surface area contributed by atoms with Gasteiger partial charge in [0.1, 0.15) is 5.82 Å². The van der Waals surface area contributed by atoms with Crippen molar-refractivity contribution in [3.8, 4) is 23.0 Å². The highest BCUT2D eigenvalue weighted by molar-refractivity contribution is 6.34. The van der Waals surface area contributed by atoms with Crippen molar-refractivity contribution in [2.75, 3.05) is 39.0 Å². The van der Waals surface area contributed by atoms with Crippen molar-refractivity contribution >= 4 is 23.3 Å². The number of aromatic nitrogens is 2. The van der Waals surface area contributed by atoms with Crippen LogP contribution in [0.1, 0.15) is 27.2 Å². The number of amides is 1. The van der Waals surface area contributed by atoms with Crippen molar-refractivity contribution in [2.45, 2.75) is 6.92 Å². The maximum atomic E-state index is 13.0. The SMILES string of the molecule is Cc1nccc(-c2ccc(C(=O)N3CCN(C)CC3)c(Cl)c2)c1C#Cc1ccc(N)nc1. The molecule has 162 valence electrons. The molecule has 0 aliphatic carbocycles. The van der Waals surface area contributed by atoms with Gasteiger partial charge in [-0.05, 0) is 49.9 Å². The Morgan fingerprint density at radius 1 is 1.06 bits per heavy atom. The number of likely N-dealkylation sites (N-methyl/N-ethyl adjacent to an activating group) is 1. The lowest BCUT2D eigenvalue weighted by molar-refractivity contribution is 0.0664. The van der Waals surface area contributed by atoms with Crippen molar-refractivity contribution in [1.29, 1.82) is 0 Å². The quantitative estimate of drug-likeness (QED) is 0.611. The molecule has 32 heavy (non-hydrogen) atoms. The molecule has 0 bridgehead atoms. The lowest BCUT2D eigenvalue weighted by Crippen LogP contribution is -2.47. The molecule has 1 fully saturated rings. The Morgan fingerprint density at radius 3 is 2.53 bits per heavy atom. The van der Waals surface area contributed by atoms with Gasteiger partial charge in [-0.2, -0.15) is 0 Å². The highest BCUT2D eigenvalue weighted by Crippen LogP contribution is 2.29. The molecule has 1 aromatic carbocycles. The van der Waals surface area contributed by atoms with Gasteiger partial charge in [0.25, 0.3) is 5.91 Å². The molecule has 7 heteroatoms. The number of nitrogens with two attached hydrogens (primary N) is 1. The zero-order chi connectivity index (χ0) is 22.7. The Bertz CT molecular complexity index is 1210. The highest BCUT2D eigenvalue weighted by atomic mass is 35.5. The maximum absolute atomic E-state index is 13.0. The van der Waals surface area contributed by atoms with E-state index in [-0.39, 0.29) is 5.91 Å². The number of anilines is 1. The smallest absolute Gasteiger partial charge is 0.255 e. The molecule has 6 nitrogen and oxygen atoms in total. The molecule has 0 unspecified atom stereocenters. The summed E-state index contributed by atoms with van der Waals surface area (Å²) >= 11 is 6.57. The number of hydrogen-bond donors (Lipinski definition) is 1. The van der Waals surface area contributed by atoms with Crippen LogP contribution in [0.4, 0.5) is 5.82 Å². The number of pyridine rings is 2. The van der Waals surface area contributed by atoms with Crippen LogP contribution in [-0.2, 0) is 0 Å². The van der Waals surface area contributed by atoms with E-state index in [9.17, 15) is 4.79 Å². The van der Waals surface area contributed by atoms with Gasteiger partial charge < -0.3 is 15.5 Å². The summed E-state index contributed by atoms with van der Waals surface area (Å²) in [6.07, 6.45) is 3.39. The first-order valence-electron chi connectivity index (χ1n) is 10.4. The van der Waals surface area contributed by atoms with Gasteiger partial charge in [-0.3, -0.25) is 9.78 Å². The van der Waals surface area contributed by atoms with Crippen LogP contribution in [0.5, 0.6) is 0 Å². The van der Waals surface area contributed by atoms with Crippen molar-refractivity contribution < 1.29 is 4.79 Å². The normalized spacial score (nSPS) is 14.0.